The van der Waals surface area contributed by atoms with Crippen molar-refractivity contribution in [1.82, 2.24) is 10.6 Å². The van der Waals surface area contributed by atoms with E-state index in [-0.39, 0.29) is 17.6 Å². The molecular formula is C16H22N2O2. The molecule has 1 aromatic carbocycles. The molecule has 4 nitrogen and oxygen atoms in total. The van der Waals surface area contributed by atoms with Crippen molar-refractivity contribution in [3.05, 3.63) is 35.9 Å². The first-order valence-corrected chi connectivity index (χ1v) is 7.48. The van der Waals surface area contributed by atoms with E-state index in [9.17, 15) is 4.79 Å². The third-order valence-corrected chi connectivity index (χ3v) is 4.37. The molecule has 0 aromatic heterocycles. The summed E-state index contributed by atoms with van der Waals surface area (Å²) in [5.41, 5.74) is 1.08. The molecule has 2 saturated heterocycles. The van der Waals surface area contributed by atoms with Crippen LogP contribution in [0.4, 0.5) is 0 Å². The average molecular weight is 274 g/mol. The van der Waals surface area contributed by atoms with E-state index in [2.05, 4.69) is 10.6 Å². The van der Waals surface area contributed by atoms with Gasteiger partial charge in [-0.2, -0.15) is 0 Å². The van der Waals surface area contributed by atoms with Gasteiger partial charge in [0.15, 0.2) is 0 Å². The molecule has 2 heterocycles. The molecule has 2 aliphatic rings. The van der Waals surface area contributed by atoms with E-state index in [1.54, 1.807) is 0 Å². The topological polar surface area (TPSA) is 50.4 Å². The second kappa shape index (κ2) is 5.94. The fraction of sp³-hybridized carbons (Fsp3) is 0.562. The van der Waals surface area contributed by atoms with Gasteiger partial charge in [-0.1, -0.05) is 30.3 Å². The number of carbonyl (C=O) groups excluding carboxylic acids is 1. The lowest BCUT2D eigenvalue weighted by atomic mass is 9.89. The highest BCUT2D eigenvalue weighted by molar-refractivity contribution is 5.81. The van der Waals surface area contributed by atoms with Gasteiger partial charge in [-0.05, 0) is 44.3 Å². The summed E-state index contributed by atoms with van der Waals surface area (Å²) >= 11 is 0. The lowest BCUT2D eigenvalue weighted by Gasteiger charge is -2.33. The van der Waals surface area contributed by atoms with E-state index in [0.29, 0.717) is 6.54 Å². The van der Waals surface area contributed by atoms with Crippen LogP contribution in [0, 0.1) is 0 Å². The van der Waals surface area contributed by atoms with Crippen molar-refractivity contribution in [2.75, 3.05) is 13.1 Å². The van der Waals surface area contributed by atoms with Crippen LogP contribution >= 0.6 is 0 Å². The molecule has 108 valence electrons. The van der Waals surface area contributed by atoms with Crippen LogP contribution in [0.2, 0.25) is 0 Å². The Morgan fingerprint density at radius 2 is 2.00 bits per heavy atom. The highest BCUT2D eigenvalue weighted by atomic mass is 16.5. The standard InChI is InChI=1S/C16H22N2O2/c19-15(18-12-13-4-2-1-3-5-13)14-6-7-16(20-14)8-10-17-11-9-16/h1-5,14,17H,6-12H2,(H,18,19). The molecule has 4 heteroatoms. The van der Waals surface area contributed by atoms with Gasteiger partial charge in [0, 0.05) is 6.54 Å². The van der Waals surface area contributed by atoms with Crippen molar-refractivity contribution in [2.24, 2.45) is 0 Å². The molecule has 0 bridgehead atoms. The Balaban J connectivity index is 1.51. The normalized spacial score (nSPS) is 24.7. The molecule has 1 spiro atoms. The van der Waals surface area contributed by atoms with Crippen LogP contribution in [-0.4, -0.2) is 30.7 Å². The van der Waals surface area contributed by atoms with Crippen LogP contribution in [0.5, 0.6) is 0 Å². The monoisotopic (exact) mass is 274 g/mol. The second-order valence-electron chi connectivity index (χ2n) is 5.78. The Labute approximate surface area is 119 Å². The minimum atomic E-state index is -0.267. The summed E-state index contributed by atoms with van der Waals surface area (Å²) in [5, 5.41) is 6.33. The Bertz CT molecular complexity index is 455. The largest absolute Gasteiger partial charge is 0.362 e. The van der Waals surface area contributed by atoms with Crippen molar-refractivity contribution < 1.29 is 9.53 Å². The van der Waals surface area contributed by atoms with Gasteiger partial charge in [0.05, 0.1) is 5.60 Å². The maximum Gasteiger partial charge on any atom is 0.249 e. The van der Waals surface area contributed by atoms with E-state index in [0.717, 1.165) is 44.3 Å². The summed E-state index contributed by atoms with van der Waals surface area (Å²) in [4.78, 5) is 12.2. The van der Waals surface area contributed by atoms with Crippen LogP contribution in [0.3, 0.4) is 0 Å². The summed E-state index contributed by atoms with van der Waals surface area (Å²) in [6.45, 7) is 2.57. The predicted molar refractivity (Wildman–Crippen MR) is 77.2 cm³/mol. The van der Waals surface area contributed by atoms with E-state index in [1.165, 1.54) is 0 Å². The highest BCUT2D eigenvalue weighted by Gasteiger charge is 2.43. The third-order valence-electron chi connectivity index (χ3n) is 4.37. The van der Waals surface area contributed by atoms with Gasteiger partial charge in [-0.3, -0.25) is 4.79 Å². The maximum absolute atomic E-state index is 12.2. The number of hydrogen-bond acceptors (Lipinski definition) is 3. The van der Waals surface area contributed by atoms with Gasteiger partial charge >= 0.3 is 0 Å². The zero-order valence-corrected chi connectivity index (χ0v) is 11.7. The Kier molecular flexibility index (Phi) is 4.03. The highest BCUT2D eigenvalue weighted by Crippen LogP contribution is 2.37. The summed E-state index contributed by atoms with van der Waals surface area (Å²) < 4.78 is 6.09. The molecule has 1 aromatic rings. The SMILES string of the molecule is O=C(NCc1ccccc1)C1CCC2(CCNCC2)O1. The van der Waals surface area contributed by atoms with E-state index in [1.807, 2.05) is 30.3 Å². The van der Waals surface area contributed by atoms with Gasteiger partial charge in [0.1, 0.15) is 6.10 Å². The molecule has 2 aliphatic heterocycles. The third kappa shape index (κ3) is 3.02. The smallest absolute Gasteiger partial charge is 0.249 e. The minimum absolute atomic E-state index is 0.0317. The van der Waals surface area contributed by atoms with Crippen LogP contribution < -0.4 is 10.6 Å². The zero-order chi connectivity index (χ0) is 13.8. The molecular weight excluding hydrogens is 252 g/mol. The number of rotatable bonds is 3. The van der Waals surface area contributed by atoms with E-state index < -0.39 is 0 Å². The van der Waals surface area contributed by atoms with Gasteiger partial charge in [-0.25, -0.2) is 0 Å². The lowest BCUT2D eigenvalue weighted by Crippen LogP contribution is -2.43. The molecule has 20 heavy (non-hydrogen) atoms. The van der Waals surface area contributed by atoms with Gasteiger partial charge < -0.3 is 15.4 Å². The minimum Gasteiger partial charge on any atom is -0.362 e. The molecule has 3 rings (SSSR count). The number of benzene rings is 1. The van der Waals surface area contributed by atoms with E-state index >= 15 is 0 Å². The number of ether oxygens (including phenoxy) is 1. The molecule has 2 fully saturated rings. The molecule has 0 aliphatic carbocycles. The summed E-state index contributed by atoms with van der Waals surface area (Å²) in [5.74, 6) is 0.0317. The molecule has 0 radical (unpaired) electrons. The molecule has 1 amide bonds. The Hall–Kier alpha value is -1.39. The quantitative estimate of drug-likeness (QED) is 0.880. The second-order valence-corrected chi connectivity index (χ2v) is 5.78. The van der Waals surface area contributed by atoms with Crippen molar-refractivity contribution in [1.29, 1.82) is 0 Å². The van der Waals surface area contributed by atoms with Gasteiger partial charge in [-0.15, -0.1) is 0 Å². The summed E-state index contributed by atoms with van der Waals surface area (Å²) in [6, 6.07) is 9.98. The molecule has 2 N–H and O–H groups in total. The fourth-order valence-corrected chi connectivity index (χ4v) is 3.15. The van der Waals surface area contributed by atoms with Crippen molar-refractivity contribution in [2.45, 2.75) is 43.9 Å². The Morgan fingerprint density at radius 3 is 2.75 bits per heavy atom. The zero-order valence-electron chi connectivity index (χ0n) is 11.7. The van der Waals surface area contributed by atoms with Crippen LogP contribution in [0.15, 0.2) is 30.3 Å². The molecule has 1 unspecified atom stereocenters. The fourth-order valence-electron chi connectivity index (χ4n) is 3.15. The number of piperidine rings is 1. The molecule has 0 saturated carbocycles. The lowest BCUT2D eigenvalue weighted by molar-refractivity contribution is -0.139. The van der Waals surface area contributed by atoms with E-state index in [4.69, 9.17) is 4.74 Å². The summed E-state index contributed by atoms with van der Waals surface area (Å²) in [7, 11) is 0. The van der Waals surface area contributed by atoms with Crippen molar-refractivity contribution in [3.8, 4) is 0 Å². The number of hydrogen-bond donors (Lipinski definition) is 2. The average Bonchev–Trinajstić information content (AvgIpc) is 2.90. The summed E-state index contributed by atoms with van der Waals surface area (Å²) in [6.07, 6.45) is 3.64. The van der Waals surface area contributed by atoms with Crippen LogP contribution in [0.25, 0.3) is 0 Å². The van der Waals surface area contributed by atoms with Crippen LogP contribution in [0.1, 0.15) is 31.2 Å². The maximum atomic E-state index is 12.2. The first kappa shape index (κ1) is 13.6. The Morgan fingerprint density at radius 1 is 1.25 bits per heavy atom. The van der Waals surface area contributed by atoms with Crippen molar-refractivity contribution >= 4 is 5.91 Å². The van der Waals surface area contributed by atoms with Crippen molar-refractivity contribution in [3.63, 3.8) is 0 Å². The first-order chi connectivity index (χ1) is 9.77. The number of amides is 1. The van der Waals surface area contributed by atoms with Gasteiger partial charge in [0.2, 0.25) is 5.91 Å². The number of carbonyl (C=O) groups is 1. The van der Waals surface area contributed by atoms with Gasteiger partial charge in [0.25, 0.3) is 0 Å². The van der Waals surface area contributed by atoms with Crippen LogP contribution in [-0.2, 0) is 16.1 Å². The number of nitrogens with one attached hydrogen (secondary N) is 2. The molecule has 1 atom stereocenters. The first-order valence-electron chi connectivity index (χ1n) is 7.48. The predicted octanol–water partition coefficient (Wildman–Crippen LogP) is 1.60.